The van der Waals surface area contributed by atoms with Gasteiger partial charge in [0.2, 0.25) is 0 Å². The topological polar surface area (TPSA) is 51.1 Å². The minimum atomic E-state index is -0.0872. The minimum Gasteiger partial charge on any atom is -0.494 e. The molecule has 1 amide bonds. The van der Waals surface area contributed by atoms with Gasteiger partial charge in [0.05, 0.1) is 7.11 Å². The van der Waals surface area contributed by atoms with Gasteiger partial charge in [-0.15, -0.1) is 0 Å². The Morgan fingerprint density at radius 3 is 2.78 bits per heavy atom. The van der Waals surface area contributed by atoms with Crippen molar-refractivity contribution in [3.8, 4) is 11.5 Å². The van der Waals surface area contributed by atoms with Gasteiger partial charge in [-0.25, -0.2) is 4.99 Å². The van der Waals surface area contributed by atoms with Crippen molar-refractivity contribution in [1.82, 2.24) is 4.90 Å². The molecular formula is C21H24N2O3S. The number of aliphatic imine (C=N–C) groups is 1. The lowest BCUT2D eigenvalue weighted by molar-refractivity contribution is -0.129. The van der Waals surface area contributed by atoms with Crippen LogP contribution in [0.2, 0.25) is 0 Å². The number of thioether (sulfide) groups is 1. The van der Waals surface area contributed by atoms with Crippen molar-refractivity contribution in [1.29, 1.82) is 0 Å². The van der Waals surface area contributed by atoms with Gasteiger partial charge in [-0.1, -0.05) is 36.0 Å². The second-order valence-corrected chi connectivity index (χ2v) is 7.43. The number of methoxy groups -OCH3 is 1. The van der Waals surface area contributed by atoms with Crippen LogP contribution < -0.4 is 9.47 Å². The molecule has 1 heterocycles. The molecule has 0 spiro atoms. The van der Waals surface area contributed by atoms with E-state index in [0.29, 0.717) is 17.5 Å². The molecule has 1 aliphatic heterocycles. The smallest absolute Gasteiger partial charge is 0.266 e. The zero-order valence-electron chi connectivity index (χ0n) is 15.9. The third-order valence-corrected chi connectivity index (χ3v) is 5.35. The Morgan fingerprint density at radius 1 is 1.19 bits per heavy atom. The van der Waals surface area contributed by atoms with Crippen molar-refractivity contribution >= 4 is 28.5 Å². The summed E-state index contributed by atoms with van der Waals surface area (Å²) in [4.78, 5) is 19.2. The van der Waals surface area contributed by atoms with Gasteiger partial charge in [-0.3, -0.25) is 9.69 Å². The van der Waals surface area contributed by atoms with E-state index in [1.165, 1.54) is 0 Å². The first-order valence-corrected chi connectivity index (χ1v) is 9.92. The van der Waals surface area contributed by atoms with Gasteiger partial charge in [-0.2, -0.15) is 0 Å². The van der Waals surface area contributed by atoms with Crippen molar-refractivity contribution in [2.45, 2.75) is 20.3 Å². The maximum Gasteiger partial charge on any atom is 0.266 e. The summed E-state index contributed by atoms with van der Waals surface area (Å²) in [6.07, 6.45) is 0.935. The number of para-hydroxylation sites is 1. The number of aryl methyl sites for hydroxylation is 2. The van der Waals surface area contributed by atoms with Crippen LogP contribution in [0.4, 0.5) is 5.69 Å². The van der Waals surface area contributed by atoms with Crippen molar-refractivity contribution in [3.63, 3.8) is 0 Å². The molecule has 0 unspecified atom stereocenters. The zero-order chi connectivity index (χ0) is 19.2. The molecule has 1 saturated heterocycles. The van der Waals surface area contributed by atoms with E-state index in [-0.39, 0.29) is 12.5 Å². The number of amides is 1. The molecule has 0 bridgehead atoms. The summed E-state index contributed by atoms with van der Waals surface area (Å²) >= 11 is 1.59. The van der Waals surface area contributed by atoms with E-state index in [9.17, 15) is 4.79 Å². The Balaban J connectivity index is 1.78. The van der Waals surface area contributed by atoms with Gasteiger partial charge in [-0.05, 0) is 49.6 Å². The zero-order valence-corrected chi connectivity index (χ0v) is 16.7. The lowest BCUT2D eigenvalue weighted by Gasteiger charge is -2.28. The maximum absolute atomic E-state index is 12.8. The molecular weight excluding hydrogens is 360 g/mol. The van der Waals surface area contributed by atoms with Crippen LogP contribution in [-0.4, -0.2) is 42.0 Å². The number of ether oxygens (including phenoxy) is 2. The van der Waals surface area contributed by atoms with E-state index in [2.05, 4.69) is 0 Å². The van der Waals surface area contributed by atoms with E-state index in [1.54, 1.807) is 23.8 Å². The lowest BCUT2D eigenvalue weighted by atomic mass is 10.2. The molecule has 6 heteroatoms. The summed E-state index contributed by atoms with van der Waals surface area (Å²) in [6, 6.07) is 13.5. The number of nitrogens with zero attached hydrogens (tertiary/aromatic N) is 2. The van der Waals surface area contributed by atoms with Crippen molar-refractivity contribution in [2.24, 2.45) is 4.99 Å². The van der Waals surface area contributed by atoms with E-state index in [4.69, 9.17) is 14.5 Å². The molecule has 142 valence electrons. The number of benzene rings is 2. The first-order valence-electron chi connectivity index (χ1n) is 8.93. The normalized spacial score (nSPS) is 15.7. The van der Waals surface area contributed by atoms with Crippen molar-refractivity contribution < 1.29 is 14.3 Å². The summed E-state index contributed by atoms with van der Waals surface area (Å²) < 4.78 is 11.1. The molecule has 1 aliphatic rings. The maximum atomic E-state index is 12.8. The molecule has 0 aromatic heterocycles. The third kappa shape index (κ3) is 4.83. The fourth-order valence-corrected chi connectivity index (χ4v) is 3.78. The van der Waals surface area contributed by atoms with Crippen LogP contribution in [0.3, 0.4) is 0 Å². The molecule has 5 nitrogen and oxygen atoms in total. The van der Waals surface area contributed by atoms with Crippen LogP contribution in [0.15, 0.2) is 47.5 Å². The van der Waals surface area contributed by atoms with Gasteiger partial charge >= 0.3 is 0 Å². The minimum absolute atomic E-state index is 0.00458. The highest BCUT2D eigenvalue weighted by molar-refractivity contribution is 8.13. The summed E-state index contributed by atoms with van der Waals surface area (Å²) in [5, 5.41) is 0.698. The van der Waals surface area contributed by atoms with Crippen molar-refractivity contribution in [3.05, 3.63) is 53.6 Å². The second kappa shape index (κ2) is 8.95. The first kappa shape index (κ1) is 19.3. The van der Waals surface area contributed by atoms with Crippen LogP contribution in [0, 0.1) is 13.8 Å². The number of rotatable bonds is 5. The summed E-state index contributed by atoms with van der Waals surface area (Å²) in [7, 11) is 1.63. The lowest BCUT2D eigenvalue weighted by Crippen LogP contribution is -2.41. The van der Waals surface area contributed by atoms with Crippen LogP contribution in [0.5, 0.6) is 11.5 Å². The first-order chi connectivity index (χ1) is 13.1. The molecule has 2 aromatic rings. The van der Waals surface area contributed by atoms with E-state index in [1.807, 2.05) is 56.3 Å². The van der Waals surface area contributed by atoms with E-state index in [0.717, 1.165) is 34.7 Å². The van der Waals surface area contributed by atoms with Gasteiger partial charge in [0.25, 0.3) is 5.91 Å². The highest BCUT2D eigenvalue weighted by Gasteiger charge is 2.24. The van der Waals surface area contributed by atoms with Gasteiger partial charge in [0.1, 0.15) is 17.2 Å². The summed E-state index contributed by atoms with van der Waals surface area (Å²) in [5.41, 5.74) is 2.84. The monoisotopic (exact) mass is 384 g/mol. The Labute approximate surface area is 164 Å². The molecule has 3 rings (SSSR count). The summed E-state index contributed by atoms with van der Waals surface area (Å²) in [6.45, 7) is 4.62. The predicted molar refractivity (Wildman–Crippen MR) is 110 cm³/mol. The van der Waals surface area contributed by atoms with Crippen LogP contribution in [0.25, 0.3) is 0 Å². The number of hydrogen-bond donors (Lipinski definition) is 0. The fraction of sp³-hybridized carbons (Fsp3) is 0.333. The van der Waals surface area contributed by atoms with Crippen LogP contribution >= 0.6 is 11.8 Å². The van der Waals surface area contributed by atoms with Gasteiger partial charge in [0, 0.05) is 12.3 Å². The van der Waals surface area contributed by atoms with Crippen LogP contribution in [-0.2, 0) is 4.79 Å². The number of carbonyl (C=O) groups is 1. The van der Waals surface area contributed by atoms with Crippen molar-refractivity contribution in [2.75, 3.05) is 26.0 Å². The average Bonchev–Trinajstić information content (AvgIpc) is 2.68. The molecule has 27 heavy (non-hydrogen) atoms. The Hall–Kier alpha value is -2.47. The van der Waals surface area contributed by atoms with E-state index >= 15 is 0 Å². The highest BCUT2D eigenvalue weighted by Crippen LogP contribution is 2.31. The van der Waals surface area contributed by atoms with Gasteiger partial charge in [0.15, 0.2) is 11.8 Å². The average molecular weight is 385 g/mol. The largest absolute Gasteiger partial charge is 0.494 e. The number of carbonyl (C=O) groups excluding carboxylic acids is 1. The standard InChI is InChI=1S/C21H24N2O3S/c1-15-9-10-19(25-3)17(13-15)22-21-23(11-6-12-27-21)20(24)14-26-18-8-5-4-7-16(18)2/h4-5,7-10,13H,6,11-12,14H2,1-3H3. The molecule has 1 fully saturated rings. The second-order valence-electron chi connectivity index (χ2n) is 6.37. The number of amidine groups is 1. The van der Waals surface area contributed by atoms with Crippen LogP contribution in [0.1, 0.15) is 17.5 Å². The molecule has 0 N–H and O–H groups in total. The molecule has 0 atom stereocenters. The Morgan fingerprint density at radius 2 is 2.00 bits per heavy atom. The third-order valence-electron chi connectivity index (χ3n) is 4.28. The SMILES string of the molecule is COc1ccc(C)cc1N=C1SCCCN1C(=O)COc1ccccc1C. The number of hydrogen-bond acceptors (Lipinski definition) is 5. The summed E-state index contributed by atoms with van der Waals surface area (Å²) in [5.74, 6) is 2.28. The quantitative estimate of drug-likeness (QED) is 0.769. The fourth-order valence-electron chi connectivity index (χ4n) is 2.81. The Kier molecular flexibility index (Phi) is 6.40. The van der Waals surface area contributed by atoms with Gasteiger partial charge < -0.3 is 9.47 Å². The van der Waals surface area contributed by atoms with E-state index < -0.39 is 0 Å². The molecule has 0 radical (unpaired) electrons. The molecule has 2 aromatic carbocycles. The Bertz CT molecular complexity index is 851. The highest BCUT2D eigenvalue weighted by atomic mass is 32.2. The molecule has 0 saturated carbocycles. The predicted octanol–water partition coefficient (Wildman–Crippen LogP) is 4.34. The molecule has 0 aliphatic carbocycles.